The van der Waals surface area contributed by atoms with Crippen LogP contribution in [0.3, 0.4) is 0 Å². The van der Waals surface area contributed by atoms with Gasteiger partial charge >= 0.3 is 0 Å². The van der Waals surface area contributed by atoms with E-state index in [-0.39, 0.29) is 11.6 Å². The molecule has 0 aliphatic rings. The van der Waals surface area contributed by atoms with Gasteiger partial charge in [-0.1, -0.05) is 27.2 Å². The Labute approximate surface area is 128 Å². The predicted molar refractivity (Wildman–Crippen MR) is 89.0 cm³/mol. The zero-order valence-corrected chi connectivity index (χ0v) is 14.1. The summed E-state index contributed by atoms with van der Waals surface area (Å²) in [6.45, 7) is 11.1. The van der Waals surface area contributed by atoms with Gasteiger partial charge in [-0.15, -0.1) is 0 Å². The summed E-state index contributed by atoms with van der Waals surface area (Å²) in [6, 6.07) is 1.96. The average molecular weight is 294 g/mol. The fourth-order valence-electron chi connectivity index (χ4n) is 2.20. The van der Waals surface area contributed by atoms with Crippen LogP contribution < -0.4 is 15.8 Å². The molecule has 0 radical (unpaired) electrons. The number of nitrogens with one attached hydrogen (secondary N) is 1. The molecule has 0 saturated heterocycles. The molecular weight excluding hydrogens is 264 g/mol. The summed E-state index contributed by atoms with van der Waals surface area (Å²) in [5.41, 5.74) is 0.847. The van der Waals surface area contributed by atoms with Gasteiger partial charge in [0.25, 0.3) is 5.56 Å². The van der Waals surface area contributed by atoms with Crippen LogP contribution in [0.5, 0.6) is 0 Å². The van der Waals surface area contributed by atoms with E-state index in [9.17, 15) is 4.79 Å². The van der Waals surface area contributed by atoms with Gasteiger partial charge in [0.1, 0.15) is 0 Å². The molecule has 0 aliphatic heterocycles. The van der Waals surface area contributed by atoms with Crippen LogP contribution in [0.4, 0.5) is 5.69 Å². The normalized spacial score (nSPS) is 14.0. The molecule has 0 aromatic carbocycles. The molecule has 1 N–H and O–H groups in total. The molecule has 0 amide bonds. The summed E-state index contributed by atoms with van der Waals surface area (Å²) >= 11 is 0. The highest BCUT2D eigenvalue weighted by Gasteiger charge is 2.17. The molecule has 21 heavy (non-hydrogen) atoms. The van der Waals surface area contributed by atoms with Crippen molar-refractivity contribution in [2.24, 2.45) is 5.92 Å². The third-order valence-electron chi connectivity index (χ3n) is 4.13. The van der Waals surface area contributed by atoms with Gasteiger partial charge in [-0.25, -0.2) is 4.68 Å². The SMILES string of the molecule is CCCNC(Cn1ncc(N(C)CC)cc1=O)C(C)CC. The average Bonchev–Trinajstić information content (AvgIpc) is 2.51. The number of anilines is 1. The number of rotatable bonds is 9. The standard InChI is InChI=1S/C16H30N4O/c1-6-9-17-15(13(4)7-2)12-20-16(21)10-14(11-18-20)19(5)8-3/h10-11,13,15,17H,6-9,12H2,1-5H3. The number of hydrogen-bond donors (Lipinski definition) is 1. The number of nitrogens with zero attached hydrogens (tertiary/aromatic N) is 3. The fourth-order valence-corrected chi connectivity index (χ4v) is 2.20. The van der Waals surface area contributed by atoms with Crippen molar-refractivity contribution in [3.05, 3.63) is 22.6 Å². The Morgan fingerprint density at radius 3 is 2.62 bits per heavy atom. The first-order chi connectivity index (χ1) is 10.0. The Bertz CT molecular complexity index is 472. The maximum atomic E-state index is 12.2. The van der Waals surface area contributed by atoms with Crippen LogP contribution in [0.15, 0.2) is 17.1 Å². The lowest BCUT2D eigenvalue weighted by molar-refractivity contribution is 0.314. The molecule has 1 aromatic heterocycles. The summed E-state index contributed by atoms with van der Waals surface area (Å²) in [4.78, 5) is 14.2. The van der Waals surface area contributed by atoms with Crippen LogP contribution in [0.2, 0.25) is 0 Å². The Kier molecular flexibility index (Phi) is 7.43. The fraction of sp³-hybridized carbons (Fsp3) is 0.750. The zero-order valence-electron chi connectivity index (χ0n) is 14.1. The van der Waals surface area contributed by atoms with Crippen LogP contribution in [-0.2, 0) is 6.54 Å². The first kappa shape index (κ1) is 17.7. The molecule has 1 aromatic rings. The van der Waals surface area contributed by atoms with E-state index in [0.29, 0.717) is 12.5 Å². The molecular formula is C16H30N4O. The molecule has 2 unspecified atom stereocenters. The lowest BCUT2D eigenvalue weighted by atomic mass is 9.99. The van der Waals surface area contributed by atoms with Gasteiger partial charge in [0.2, 0.25) is 0 Å². The zero-order chi connectivity index (χ0) is 15.8. The second-order valence-electron chi connectivity index (χ2n) is 5.69. The Morgan fingerprint density at radius 1 is 1.38 bits per heavy atom. The van der Waals surface area contributed by atoms with Gasteiger partial charge in [0.05, 0.1) is 18.4 Å². The van der Waals surface area contributed by atoms with E-state index in [4.69, 9.17) is 0 Å². The van der Waals surface area contributed by atoms with Gasteiger partial charge in [0.15, 0.2) is 0 Å². The van der Waals surface area contributed by atoms with Gasteiger partial charge in [0, 0.05) is 25.7 Å². The third kappa shape index (κ3) is 5.16. The van der Waals surface area contributed by atoms with Crippen LogP contribution in [0.25, 0.3) is 0 Å². The first-order valence-electron chi connectivity index (χ1n) is 8.05. The minimum absolute atomic E-state index is 0.0283. The van der Waals surface area contributed by atoms with E-state index in [0.717, 1.165) is 31.6 Å². The molecule has 0 bridgehead atoms. The molecule has 0 saturated carbocycles. The number of hydrogen-bond acceptors (Lipinski definition) is 4. The van der Waals surface area contributed by atoms with Crippen molar-refractivity contribution in [2.75, 3.05) is 25.0 Å². The lowest BCUT2D eigenvalue weighted by Crippen LogP contribution is -2.42. The molecule has 5 nitrogen and oxygen atoms in total. The largest absolute Gasteiger partial charge is 0.373 e. The molecule has 0 spiro atoms. The predicted octanol–water partition coefficient (Wildman–Crippen LogP) is 2.11. The van der Waals surface area contributed by atoms with Crippen molar-refractivity contribution < 1.29 is 0 Å². The summed E-state index contributed by atoms with van der Waals surface area (Å²) in [6.07, 6.45) is 3.96. The smallest absolute Gasteiger partial charge is 0.268 e. The second-order valence-corrected chi connectivity index (χ2v) is 5.69. The van der Waals surface area contributed by atoms with Gasteiger partial charge in [-0.2, -0.15) is 5.10 Å². The van der Waals surface area contributed by atoms with Crippen molar-refractivity contribution in [1.29, 1.82) is 0 Å². The van der Waals surface area contributed by atoms with Crippen molar-refractivity contribution in [3.63, 3.8) is 0 Å². The quantitative estimate of drug-likeness (QED) is 0.758. The van der Waals surface area contributed by atoms with Gasteiger partial charge < -0.3 is 10.2 Å². The van der Waals surface area contributed by atoms with E-state index in [1.807, 2.05) is 11.9 Å². The highest BCUT2D eigenvalue weighted by atomic mass is 16.1. The van der Waals surface area contributed by atoms with E-state index >= 15 is 0 Å². The Balaban J connectivity index is 2.86. The molecule has 1 heterocycles. The van der Waals surface area contributed by atoms with E-state index in [2.05, 4.69) is 38.1 Å². The maximum absolute atomic E-state index is 12.2. The summed E-state index contributed by atoms with van der Waals surface area (Å²) < 4.78 is 1.58. The van der Waals surface area contributed by atoms with Crippen molar-refractivity contribution in [1.82, 2.24) is 15.1 Å². The Morgan fingerprint density at radius 2 is 2.10 bits per heavy atom. The Hall–Kier alpha value is -1.36. The number of aromatic nitrogens is 2. The highest BCUT2D eigenvalue weighted by Crippen LogP contribution is 2.10. The van der Waals surface area contributed by atoms with Crippen molar-refractivity contribution in [2.45, 2.75) is 53.1 Å². The van der Waals surface area contributed by atoms with Crippen molar-refractivity contribution >= 4 is 5.69 Å². The van der Waals surface area contributed by atoms with E-state index in [1.54, 1.807) is 16.9 Å². The summed E-state index contributed by atoms with van der Waals surface area (Å²) in [7, 11) is 1.96. The first-order valence-corrected chi connectivity index (χ1v) is 8.05. The second kappa shape index (κ2) is 8.82. The van der Waals surface area contributed by atoms with Crippen molar-refractivity contribution in [3.8, 4) is 0 Å². The molecule has 0 aliphatic carbocycles. The van der Waals surface area contributed by atoms with Crippen LogP contribution in [0.1, 0.15) is 40.5 Å². The molecule has 5 heteroatoms. The topological polar surface area (TPSA) is 50.2 Å². The van der Waals surface area contributed by atoms with Crippen LogP contribution in [-0.4, -0.2) is 36.0 Å². The summed E-state index contributed by atoms with van der Waals surface area (Å²) in [5, 5.41) is 7.87. The molecule has 1 rings (SSSR count). The molecule has 120 valence electrons. The highest BCUT2D eigenvalue weighted by molar-refractivity contribution is 5.41. The molecule has 2 atom stereocenters. The van der Waals surface area contributed by atoms with Crippen LogP contribution >= 0.6 is 0 Å². The maximum Gasteiger partial charge on any atom is 0.268 e. The van der Waals surface area contributed by atoms with Crippen LogP contribution in [0, 0.1) is 5.92 Å². The minimum Gasteiger partial charge on any atom is -0.373 e. The van der Waals surface area contributed by atoms with Gasteiger partial charge in [-0.3, -0.25) is 4.79 Å². The molecule has 0 fully saturated rings. The summed E-state index contributed by atoms with van der Waals surface area (Å²) in [5.74, 6) is 0.517. The minimum atomic E-state index is -0.0283. The third-order valence-corrected chi connectivity index (χ3v) is 4.13. The van der Waals surface area contributed by atoms with E-state index in [1.165, 1.54) is 0 Å². The van der Waals surface area contributed by atoms with Gasteiger partial charge in [-0.05, 0) is 25.8 Å². The van der Waals surface area contributed by atoms with E-state index < -0.39 is 0 Å². The lowest BCUT2D eigenvalue weighted by Gasteiger charge is -2.25. The monoisotopic (exact) mass is 294 g/mol.